The van der Waals surface area contributed by atoms with Crippen molar-refractivity contribution >= 4 is 29.2 Å². The van der Waals surface area contributed by atoms with Gasteiger partial charge in [-0.3, -0.25) is 24.0 Å². The zero-order valence-corrected chi connectivity index (χ0v) is 38.8. The maximum absolute atomic E-state index is 14.8. The molecular formula is C51H63N7O8. The number of nitrogens with two attached hydrogens (primary N) is 3. The van der Waals surface area contributed by atoms with Crippen molar-refractivity contribution in [3.05, 3.63) is 94.7 Å². The third-order valence-corrected chi connectivity index (χ3v) is 11.8. The second kappa shape index (κ2) is 22.6. The van der Waals surface area contributed by atoms with E-state index in [1.54, 1.807) is 44.2 Å². The van der Waals surface area contributed by atoms with E-state index >= 15 is 0 Å². The molecule has 3 aromatic carbocycles. The molecule has 350 valence electrons. The van der Waals surface area contributed by atoms with E-state index in [0.717, 1.165) is 5.56 Å². The number of aromatic nitrogens is 1. The Labute approximate surface area is 387 Å². The predicted molar refractivity (Wildman–Crippen MR) is 252 cm³/mol. The fraction of sp³-hybridized carbons (Fsp3) is 0.431. The molecule has 1 aromatic heterocycles. The van der Waals surface area contributed by atoms with E-state index in [-0.39, 0.29) is 93.9 Å². The maximum atomic E-state index is 14.8. The Morgan fingerprint density at radius 2 is 1.56 bits per heavy atom. The average molecular weight is 902 g/mol. The molecule has 0 spiro atoms. The van der Waals surface area contributed by atoms with Gasteiger partial charge in [-0.15, -0.1) is 0 Å². The van der Waals surface area contributed by atoms with Crippen molar-refractivity contribution in [2.24, 2.45) is 29.0 Å². The lowest BCUT2D eigenvalue weighted by atomic mass is 9.86. The van der Waals surface area contributed by atoms with E-state index in [4.69, 9.17) is 26.7 Å². The molecule has 2 heterocycles. The number of nitriles is 1. The normalized spacial score (nSPS) is 16.9. The van der Waals surface area contributed by atoms with Gasteiger partial charge in [-0.05, 0) is 78.7 Å². The Morgan fingerprint density at radius 3 is 2.17 bits per heavy atom. The summed E-state index contributed by atoms with van der Waals surface area (Å²) in [6, 6.07) is 19.2. The molecule has 0 aliphatic carbocycles. The number of aromatic hydroxyl groups is 1. The van der Waals surface area contributed by atoms with Crippen molar-refractivity contribution in [2.75, 3.05) is 39.9 Å². The lowest BCUT2D eigenvalue weighted by Gasteiger charge is -2.32. The van der Waals surface area contributed by atoms with E-state index in [2.05, 4.69) is 31.1 Å². The number of benzene rings is 3. The fourth-order valence-corrected chi connectivity index (χ4v) is 8.19. The van der Waals surface area contributed by atoms with Gasteiger partial charge < -0.3 is 42.0 Å². The van der Waals surface area contributed by atoms with Gasteiger partial charge in [-0.1, -0.05) is 64.1 Å². The van der Waals surface area contributed by atoms with E-state index in [1.807, 2.05) is 36.4 Å². The lowest BCUT2D eigenvalue weighted by molar-refractivity contribution is -0.142. The number of carbonyl (C=O) groups is 5. The number of ether oxygens (including phenoxy) is 2. The van der Waals surface area contributed by atoms with Crippen molar-refractivity contribution in [3.63, 3.8) is 0 Å². The quantitative estimate of drug-likeness (QED) is 0.0805. The van der Waals surface area contributed by atoms with Crippen LogP contribution in [0.25, 0.3) is 22.4 Å². The minimum absolute atomic E-state index is 0.0397. The Kier molecular flexibility index (Phi) is 17.3. The van der Waals surface area contributed by atoms with E-state index in [1.165, 1.54) is 18.0 Å². The SMILES string of the molecule is Cc1nc(-c2ccc(C(C)(C)C)cc2)c(O)cc1C(=O)C[C@@H](CCN)C(=O)N(C)[C@@H]1C(=O)C[C@@H](C)C(=O)N[C@H](C(=O)CCC#N)Cc2ccc(OCCN)c(c2)-c2cc1ccc2OCCN. The molecule has 66 heavy (non-hydrogen) atoms. The molecule has 4 atom stereocenters. The lowest BCUT2D eigenvalue weighted by Crippen LogP contribution is -2.46. The van der Waals surface area contributed by atoms with Gasteiger partial charge in [0.25, 0.3) is 0 Å². The maximum Gasteiger partial charge on any atom is 0.226 e. The van der Waals surface area contributed by atoms with Crippen molar-refractivity contribution in [2.45, 2.75) is 90.6 Å². The van der Waals surface area contributed by atoms with E-state index in [9.17, 15) is 34.3 Å². The highest BCUT2D eigenvalue weighted by molar-refractivity contribution is 6.01. The second-order valence-electron chi connectivity index (χ2n) is 17.9. The summed E-state index contributed by atoms with van der Waals surface area (Å²) in [5, 5.41) is 23.2. The van der Waals surface area contributed by atoms with Crippen LogP contribution >= 0.6 is 0 Å². The summed E-state index contributed by atoms with van der Waals surface area (Å²) in [5.41, 5.74) is 22.4. The average Bonchev–Trinajstić information content (AvgIpc) is 3.29. The number of aryl methyl sites for hydroxylation is 1. The van der Waals surface area contributed by atoms with Gasteiger partial charge in [0.15, 0.2) is 17.3 Å². The van der Waals surface area contributed by atoms with Crippen LogP contribution in [0.5, 0.6) is 17.2 Å². The van der Waals surface area contributed by atoms with Gasteiger partial charge in [0, 0.05) is 85.6 Å². The molecule has 0 saturated heterocycles. The summed E-state index contributed by atoms with van der Waals surface area (Å²) in [5.74, 6) is -3.65. The third kappa shape index (κ3) is 12.2. The zero-order valence-electron chi connectivity index (χ0n) is 38.8. The number of ketones is 3. The van der Waals surface area contributed by atoms with Gasteiger partial charge >= 0.3 is 0 Å². The Bertz CT molecular complexity index is 2460. The van der Waals surface area contributed by atoms with Gasteiger partial charge in [0.05, 0.1) is 12.1 Å². The van der Waals surface area contributed by atoms with Crippen LogP contribution in [-0.4, -0.2) is 90.1 Å². The highest BCUT2D eigenvalue weighted by Gasteiger charge is 2.36. The number of fused-ring (bicyclic) bond motifs is 5. The van der Waals surface area contributed by atoms with Crippen LogP contribution in [0.3, 0.4) is 0 Å². The molecule has 15 nitrogen and oxygen atoms in total. The number of rotatable bonds is 17. The van der Waals surface area contributed by atoms with Crippen molar-refractivity contribution in [3.8, 4) is 45.7 Å². The summed E-state index contributed by atoms with van der Waals surface area (Å²) in [6.45, 7) is 10.3. The predicted octanol–water partition coefficient (Wildman–Crippen LogP) is 5.65. The molecule has 0 radical (unpaired) electrons. The largest absolute Gasteiger partial charge is 0.506 e. The minimum Gasteiger partial charge on any atom is -0.506 e. The summed E-state index contributed by atoms with van der Waals surface area (Å²) in [7, 11) is 1.48. The topological polar surface area (TPSA) is 254 Å². The number of likely N-dealkylation sites (N-methyl/N-ethyl adjacent to an activating group) is 1. The number of hydrogen-bond acceptors (Lipinski definition) is 13. The monoisotopic (exact) mass is 901 g/mol. The molecule has 0 unspecified atom stereocenters. The van der Waals surface area contributed by atoms with Crippen molar-refractivity contribution < 1.29 is 38.6 Å². The van der Waals surface area contributed by atoms with Crippen LogP contribution in [0.2, 0.25) is 0 Å². The highest BCUT2D eigenvalue weighted by atomic mass is 16.5. The standard InChI is InChI=1S/C51H63N7O8/c1-30-24-44(62)48(58(6)50(64)35(17-19-53)28-42(60)37-29-43(61)47(56-31(37)2)33-10-13-36(14-11-33)51(3,4)5)34-12-16-46(66-23-21-55)39(27-34)38-25-32(9-15-45(38)65-22-20-54)26-40(57-49(30)63)41(59)8-7-18-52/h9-16,25,27,29-30,35,40,48,61H,7-8,17,19-24,26,28,53-55H2,1-6H3,(H,57,63)/t30-,35-,40+,48+/m1/s1. The molecule has 15 heteroatoms. The molecule has 1 aliphatic heterocycles. The molecular weight excluding hydrogens is 839 g/mol. The van der Waals surface area contributed by atoms with Crippen molar-refractivity contribution in [1.29, 1.82) is 5.26 Å². The Hall–Kier alpha value is -6.47. The molecule has 5 rings (SSSR count). The molecule has 2 amide bonds. The van der Waals surface area contributed by atoms with Crippen LogP contribution < -0.4 is 32.0 Å². The summed E-state index contributed by atoms with van der Waals surface area (Å²) >= 11 is 0. The third-order valence-electron chi connectivity index (χ3n) is 11.8. The first kappa shape index (κ1) is 50.5. The van der Waals surface area contributed by atoms with Gasteiger partial charge in [0.1, 0.15) is 42.2 Å². The fourth-order valence-electron chi connectivity index (χ4n) is 8.19. The summed E-state index contributed by atoms with van der Waals surface area (Å²) < 4.78 is 12.2. The number of nitrogens with zero attached hydrogens (tertiary/aromatic N) is 3. The molecule has 8 N–H and O–H groups in total. The van der Waals surface area contributed by atoms with Crippen LogP contribution in [-0.2, 0) is 31.0 Å². The molecule has 0 saturated carbocycles. The van der Waals surface area contributed by atoms with E-state index in [0.29, 0.717) is 50.7 Å². The van der Waals surface area contributed by atoms with Crippen molar-refractivity contribution in [1.82, 2.24) is 15.2 Å². The van der Waals surface area contributed by atoms with Gasteiger partial charge in [-0.2, -0.15) is 5.26 Å². The summed E-state index contributed by atoms with van der Waals surface area (Å²) in [4.78, 5) is 76.8. The number of hydrogen-bond donors (Lipinski definition) is 5. The minimum atomic E-state index is -1.27. The van der Waals surface area contributed by atoms with Crippen LogP contribution in [0.15, 0.2) is 66.7 Å². The summed E-state index contributed by atoms with van der Waals surface area (Å²) in [6.07, 6.45) is -0.561. The number of carbonyl (C=O) groups excluding carboxylic acids is 5. The zero-order chi connectivity index (χ0) is 48.3. The van der Waals surface area contributed by atoms with Crippen LogP contribution in [0.1, 0.15) is 98.6 Å². The first-order chi connectivity index (χ1) is 31.4. The first-order valence-corrected chi connectivity index (χ1v) is 22.4. The van der Waals surface area contributed by atoms with E-state index < -0.39 is 47.3 Å². The number of nitrogens with one attached hydrogen (secondary N) is 1. The highest BCUT2D eigenvalue weighted by Crippen LogP contribution is 2.41. The number of Topliss-reactive ketones (excluding diaryl/α,β-unsaturated/α-hetero) is 3. The second-order valence-corrected chi connectivity index (χ2v) is 17.9. The first-order valence-electron chi connectivity index (χ1n) is 22.4. The number of amides is 2. The molecule has 4 bridgehead atoms. The number of pyridine rings is 1. The van der Waals surface area contributed by atoms with Gasteiger partial charge in [0.2, 0.25) is 11.8 Å². The molecule has 1 aliphatic rings. The van der Waals surface area contributed by atoms with Gasteiger partial charge in [-0.25, -0.2) is 4.98 Å². The molecule has 0 fully saturated rings. The molecule has 4 aromatic rings. The Morgan fingerprint density at radius 1 is 0.924 bits per heavy atom. The van der Waals surface area contributed by atoms with Crippen LogP contribution in [0, 0.1) is 30.1 Å². The smallest absolute Gasteiger partial charge is 0.226 e. The van der Waals surface area contributed by atoms with Crippen LogP contribution in [0.4, 0.5) is 0 Å². The Balaban J connectivity index is 1.57.